The van der Waals surface area contributed by atoms with Gasteiger partial charge in [0.05, 0.1) is 13.7 Å². The lowest BCUT2D eigenvalue weighted by atomic mass is 10.1. The Kier molecular flexibility index (Phi) is 5.60. The van der Waals surface area contributed by atoms with Crippen molar-refractivity contribution < 1.29 is 9.47 Å². The Labute approximate surface area is 151 Å². The Balaban J connectivity index is 1.65. The van der Waals surface area contributed by atoms with Gasteiger partial charge >= 0.3 is 0 Å². The summed E-state index contributed by atoms with van der Waals surface area (Å²) >= 11 is 1.54. The molecule has 0 fully saturated rings. The molecule has 0 saturated heterocycles. The average molecular weight is 355 g/mol. The molecule has 0 unspecified atom stereocenters. The molecule has 130 valence electrons. The second-order valence-corrected chi connectivity index (χ2v) is 6.49. The summed E-state index contributed by atoms with van der Waals surface area (Å²) in [5, 5.41) is 2.78. The fourth-order valence-electron chi connectivity index (χ4n) is 2.57. The number of fused-ring (bicyclic) bond motifs is 1. The number of rotatable bonds is 7. The summed E-state index contributed by atoms with van der Waals surface area (Å²) in [6.45, 7) is 2.61. The van der Waals surface area contributed by atoms with Crippen LogP contribution in [0.1, 0.15) is 12.6 Å². The van der Waals surface area contributed by atoms with E-state index in [2.05, 4.69) is 9.97 Å². The monoisotopic (exact) mass is 355 g/mol. The molecule has 0 aliphatic heterocycles. The molecule has 2 aromatic carbocycles. The van der Waals surface area contributed by atoms with Crippen LogP contribution in [0.3, 0.4) is 0 Å². The minimum Gasteiger partial charge on any atom is -0.496 e. The van der Waals surface area contributed by atoms with Crippen LogP contribution in [0, 0.1) is 0 Å². The Morgan fingerprint density at radius 1 is 1.04 bits per heavy atom. The third-order valence-corrected chi connectivity index (χ3v) is 4.59. The number of aryl methyl sites for hydroxylation is 1. The lowest BCUT2D eigenvalue weighted by Gasteiger charge is -2.12. The van der Waals surface area contributed by atoms with Gasteiger partial charge in [-0.05, 0) is 18.6 Å². The van der Waals surface area contributed by atoms with Crippen LogP contribution in [-0.2, 0) is 6.42 Å². The van der Waals surface area contributed by atoms with Gasteiger partial charge in [-0.25, -0.2) is 9.97 Å². The highest BCUT2D eigenvalue weighted by molar-refractivity contribution is 7.99. The smallest absolute Gasteiger partial charge is 0.189 e. The second-order valence-electron chi connectivity index (χ2n) is 5.43. The quantitative estimate of drug-likeness (QED) is 0.393. The van der Waals surface area contributed by atoms with Crippen LogP contribution in [0.5, 0.6) is 11.5 Å². The number of hydrogen-bond acceptors (Lipinski definition) is 6. The minimum absolute atomic E-state index is 0.511. The summed E-state index contributed by atoms with van der Waals surface area (Å²) < 4.78 is 11.4. The van der Waals surface area contributed by atoms with Gasteiger partial charge in [0.1, 0.15) is 17.3 Å². The Bertz CT molecular complexity index is 870. The number of benzene rings is 2. The SMILES string of the molecule is CCc1cc(N)nc(SCCOc2ccc(OC)c3ccccc23)n1. The van der Waals surface area contributed by atoms with E-state index < -0.39 is 0 Å². The number of thioether (sulfide) groups is 1. The molecule has 3 aromatic rings. The molecule has 6 heteroatoms. The number of nitrogens with two attached hydrogens (primary N) is 1. The molecule has 2 N–H and O–H groups in total. The minimum atomic E-state index is 0.511. The summed E-state index contributed by atoms with van der Waals surface area (Å²) in [7, 11) is 1.68. The molecule has 0 radical (unpaired) electrons. The Morgan fingerprint density at radius 2 is 1.76 bits per heavy atom. The van der Waals surface area contributed by atoms with Crippen molar-refractivity contribution in [3.63, 3.8) is 0 Å². The van der Waals surface area contributed by atoms with Gasteiger partial charge in [-0.15, -0.1) is 0 Å². The molecule has 1 aromatic heterocycles. The third-order valence-electron chi connectivity index (χ3n) is 3.78. The first kappa shape index (κ1) is 17.4. The fraction of sp³-hybridized carbons (Fsp3) is 0.263. The zero-order chi connectivity index (χ0) is 17.6. The van der Waals surface area contributed by atoms with E-state index in [9.17, 15) is 0 Å². The highest BCUT2D eigenvalue weighted by Gasteiger charge is 2.07. The summed E-state index contributed by atoms with van der Waals surface area (Å²) in [5.41, 5.74) is 6.77. The van der Waals surface area contributed by atoms with Gasteiger partial charge in [0.15, 0.2) is 5.16 Å². The van der Waals surface area contributed by atoms with Gasteiger partial charge in [0.2, 0.25) is 0 Å². The van der Waals surface area contributed by atoms with Crippen LogP contribution in [0.15, 0.2) is 47.6 Å². The second kappa shape index (κ2) is 8.07. The number of nitrogens with zero attached hydrogens (tertiary/aromatic N) is 2. The van der Waals surface area contributed by atoms with E-state index in [1.54, 1.807) is 18.9 Å². The van der Waals surface area contributed by atoms with E-state index in [1.165, 1.54) is 0 Å². The normalized spacial score (nSPS) is 10.8. The van der Waals surface area contributed by atoms with E-state index >= 15 is 0 Å². The van der Waals surface area contributed by atoms with E-state index in [0.29, 0.717) is 17.6 Å². The third kappa shape index (κ3) is 4.14. The zero-order valence-electron chi connectivity index (χ0n) is 14.4. The van der Waals surface area contributed by atoms with Crippen LogP contribution in [0.2, 0.25) is 0 Å². The highest BCUT2D eigenvalue weighted by Crippen LogP contribution is 2.33. The Hall–Kier alpha value is -2.47. The maximum absolute atomic E-state index is 5.96. The molecule has 0 saturated carbocycles. The van der Waals surface area contributed by atoms with Crippen molar-refractivity contribution in [2.45, 2.75) is 18.5 Å². The van der Waals surface area contributed by atoms with Crippen molar-refractivity contribution in [3.05, 3.63) is 48.2 Å². The van der Waals surface area contributed by atoms with Gasteiger partial charge < -0.3 is 15.2 Å². The predicted molar refractivity (Wildman–Crippen MR) is 103 cm³/mol. The number of hydrogen-bond donors (Lipinski definition) is 1. The van der Waals surface area contributed by atoms with Crippen LogP contribution in [0.25, 0.3) is 10.8 Å². The summed E-state index contributed by atoms with van der Waals surface area (Å²) in [5.74, 6) is 2.95. The van der Waals surface area contributed by atoms with Crippen molar-refractivity contribution in [2.24, 2.45) is 0 Å². The summed E-state index contributed by atoms with van der Waals surface area (Å²) in [4.78, 5) is 8.73. The maximum Gasteiger partial charge on any atom is 0.189 e. The summed E-state index contributed by atoms with van der Waals surface area (Å²) in [6, 6.07) is 13.7. The molecular formula is C19H21N3O2S. The molecule has 1 heterocycles. The first-order chi connectivity index (χ1) is 12.2. The molecule has 0 aliphatic rings. The lowest BCUT2D eigenvalue weighted by Crippen LogP contribution is -2.03. The van der Waals surface area contributed by atoms with Crippen molar-refractivity contribution in [1.29, 1.82) is 0 Å². The first-order valence-corrected chi connectivity index (χ1v) is 9.14. The van der Waals surface area contributed by atoms with Crippen molar-refractivity contribution in [1.82, 2.24) is 9.97 Å². The average Bonchev–Trinajstić information content (AvgIpc) is 2.64. The molecule has 5 nitrogen and oxygen atoms in total. The van der Waals surface area contributed by atoms with Gasteiger partial charge in [0, 0.05) is 28.3 Å². The largest absolute Gasteiger partial charge is 0.496 e. The molecule has 0 atom stereocenters. The predicted octanol–water partition coefficient (Wildman–Crippen LogP) is 3.95. The van der Waals surface area contributed by atoms with Gasteiger partial charge in [-0.2, -0.15) is 0 Å². The Morgan fingerprint density at radius 3 is 2.48 bits per heavy atom. The van der Waals surface area contributed by atoms with E-state index in [1.807, 2.05) is 49.4 Å². The number of aromatic nitrogens is 2. The number of ether oxygens (including phenoxy) is 2. The molecule has 0 amide bonds. The van der Waals surface area contributed by atoms with E-state index in [4.69, 9.17) is 15.2 Å². The van der Waals surface area contributed by atoms with Crippen molar-refractivity contribution >= 4 is 28.4 Å². The fourth-order valence-corrected chi connectivity index (χ4v) is 3.27. The van der Waals surface area contributed by atoms with Crippen LogP contribution < -0.4 is 15.2 Å². The standard InChI is InChI=1S/C19H21N3O2S/c1-3-13-12-18(20)22-19(21-13)25-11-10-24-17-9-8-16(23-2)14-6-4-5-7-15(14)17/h4-9,12H,3,10-11H2,1-2H3,(H2,20,21,22). The van der Waals surface area contributed by atoms with Crippen molar-refractivity contribution in [2.75, 3.05) is 25.2 Å². The van der Waals surface area contributed by atoms with Crippen LogP contribution in [0.4, 0.5) is 5.82 Å². The van der Waals surface area contributed by atoms with Crippen LogP contribution in [-0.4, -0.2) is 29.4 Å². The van der Waals surface area contributed by atoms with Gasteiger partial charge in [0.25, 0.3) is 0 Å². The zero-order valence-corrected chi connectivity index (χ0v) is 15.2. The molecule has 0 bridgehead atoms. The van der Waals surface area contributed by atoms with E-state index in [0.717, 1.165) is 40.1 Å². The maximum atomic E-state index is 5.96. The summed E-state index contributed by atoms with van der Waals surface area (Å²) in [6.07, 6.45) is 0.842. The van der Waals surface area contributed by atoms with Gasteiger partial charge in [-0.3, -0.25) is 0 Å². The topological polar surface area (TPSA) is 70.3 Å². The van der Waals surface area contributed by atoms with E-state index in [-0.39, 0.29) is 0 Å². The first-order valence-electron chi connectivity index (χ1n) is 8.16. The molecule has 0 aliphatic carbocycles. The number of nitrogen functional groups attached to an aromatic ring is 1. The molecular weight excluding hydrogens is 334 g/mol. The van der Waals surface area contributed by atoms with Gasteiger partial charge in [-0.1, -0.05) is 43.0 Å². The lowest BCUT2D eigenvalue weighted by molar-refractivity contribution is 0.347. The van der Waals surface area contributed by atoms with Crippen molar-refractivity contribution in [3.8, 4) is 11.5 Å². The molecule has 3 rings (SSSR count). The molecule has 0 spiro atoms. The highest BCUT2D eigenvalue weighted by atomic mass is 32.2. The molecule has 25 heavy (non-hydrogen) atoms. The van der Waals surface area contributed by atoms with Crippen LogP contribution >= 0.6 is 11.8 Å². The number of anilines is 1. The number of methoxy groups -OCH3 is 1.